The molecule has 3 nitrogen and oxygen atoms in total. The molecule has 2 amide bonds. The summed E-state index contributed by atoms with van der Waals surface area (Å²) in [5.41, 5.74) is 3.19. The second kappa shape index (κ2) is 9.83. The highest BCUT2D eigenvalue weighted by Crippen LogP contribution is 2.19. The van der Waals surface area contributed by atoms with Gasteiger partial charge in [-0.05, 0) is 36.8 Å². The van der Waals surface area contributed by atoms with Crippen molar-refractivity contribution >= 4 is 23.5 Å². The number of aryl methyl sites for hydroxylation is 1. The maximum Gasteiger partial charge on any atom is 0.322 e. The number of nitrogens with zero attached hydrogens (tertiary/aromatic N) is 1. The molecule has 0 saturated carbocycles. The highest BCUT2D eigenvalue weighted by molar-refractivity contribution is 7.99. The number of urea groups is 1. The van der Waals surface area contributed by atoms with Crippen LogP contribution in [0.25, 0.3) is 0 Å². The summed E-state index contributed by atoms with van der Waals surface area (Å²) in [4.78, 5) is 15.9. The Morgan fingerprint density at radius 3 is 2.19 bits per heavy atom. The zero-order valence-electron chi connectivity index (χ0n) is 15.5. The first kappa shape index (κ1) is 19.1. The maximum atomic E-state index is 12.8. The molecule has 3 rings (SSSR count). The van der Waals surface area contributed by atoms with Crippen LogP contribution in [0.1, 0.15) is 11.1 Å². The summed E-state index contributed by atoms with van der Waals surface area (Å²) in [5, 5.41) is 3.00. The van der Waals surface area contributed by atoms with Crippen molar-refractivity contribution in [3.8, 4) is 0 Å². The van der Waals surface area contributed by atoms with Gasteiger partial charge in [0.2, 0.25) is 0 Å². The van der Waals surface area contributed by atoms with Gasteiger partial charge in [-0.25, -0.2) is 4.79 Å². The Bertz CT molecular complexity index is 835. The molecule has 0 saturated heterocycles. The van der Waals surface area contributed by atoms with Crippen LogP contribution < -0.4 is 5.32 Å². The number of carbonyl (C=O) groups is 1. The van der Waals surface area contributed by atoms with Gasteiger partial charge in [0.25, 0.3) is 0 Å². The van der Waals surface area contributed by atoms with E-state index in [2.05, 4.69) is 48.6 Å². The third-order valence-corrected chi connectivity index (χ3v) is 5.17. The van der Waals surface area contributed by atoms with E-state index in [0.29, 0.717) is 13.1 Å². The molecule has 0 aliphatic carbocycles. The van der Waals surface area contributed by atoms with Gasteiger partial charge in [0.1, 0.15) is 0 Å². The highest BCUT2D eigenvalue weighted by Gasteiger charge is 2.14. The first-order chi connectivity index (χ1) is 13.2. The number of hydrogen-bond acceptors (Lipinski definition) is 2. The molecule has 0 radical (unpaired) electrons. The Morgan fingerprint density at radius 1 is 0.889 bits per heavy atom. The van der Waals surface area contributed by atoms with E-state index in [4.69, 9.17) is 0 Å². The van der Waals surface area contributed by atoms with E-state index >= 15 is 0 Å². The molecular weight excluding hydrogens is 352 g/mol. The van der Waals surface area contributed by atoms with E-state index in [1.54, 1.807) is 11.8 Å². The lowest BCUT2D eigenvalue weighted by molar-refractivity contribution is 0.212. The Labute approximate surface area is 165 Å². The number of thioether (sulfide) groups is 1. The highest BCUT2D eigenvalue weighted by atomic mass is 32.2. The second-order valence-corrected chi connectivity index (χ2v) is 7.53. The number of carbonyl (C=O) groups excluding carboxylic acids is 1. The normalized spacial score (nSPS) is 10.4. The molecule has 0 heterocycles. The zero-order chi connectivity index (χ0) is 18.9. The lowest BCUT2D eigenvalue weighted by Gasteiger charge is -2.23. The first-order valence-corrected chi connectivity index (χ1v) is 10.0. The van der Waals surface area contributed by atoms with Crippen LogP contribution in [0.15, 0.2) is 89.8 Å². The van der Waals surface area contributed by atoms with Gasteiger partial charge >= 0.3 is 6.03 Å². The van der Waals surface area contributed by atoms with Crippen LogP contribution in [-0.2, 0) is 6.54 Å². The Hall–Kier alpha value is -2.72. The number of hydrogen-bond donors (Lipinski definition) is 1. The third kappa shape index (κ3) is 6.19. The summed E-state index contributed by atoms with van der Waals surface area (Å²) in [6.45, 7) is 3.35. The van der Waals surface area contributed by atoms with E-state index in [-0.39, 0.29) is 6.03 Å². The maximum absolute atomic E-state index is 12.8. The van der Waals surface area contributed by atoms with E-state index in [9.17, 15) is 4.79 Å². The number of amides is 2. The summed E-state index contributed by atoms with van der Waals surface area (Å²) >= 11 is 1.77. The van der Waals surface area contributed by atoms with Crippen LogP contribution in [0.3, 0.4) is 0 Å². The van der Waals surface area contributed by atoms with Crippen molar-refractivity contribution in [1.29, 1.82) is 0 Å². The van der Waals surface area contributed by atoms with E-state index < -0.39 is 0 Å². The van der Waals surface area contributed by atoms with E-state index in [0.717, 1.165) is 17.0 Å². The molecule has 3 aromatic carbocycles. The average Bonchev–Trinajstić information content (AvgIpc) is 2.70. The van der Waals surface area contributed by atoms with Crippen molar-refractivity contribution in [3.05, 3.63) is 96.1 Å². The molecule has 3 aromatic rings. The van der Waals surface area contributed by atoms with Crippen molar-refractivity contribution in [2.75, 3.05) is 17.6 Å². The van der Waals surface area contributed by atoms with Crippen LogP contribution >= 0.6 is 11.8 Å². The molecule has 0 atom stereocenters. The molecule has 0 spiro atoms. The lowest BCUT2D eigenvalue weighted by atomic mass is 10.2. The molecule has 0 unspecified atom stereocenters. The van der Waals surface area contributed by atoms with Crippen LogP contribution in [-0.4, -0.2) is 23.2 Å². The topological polar surface area (TPSA) is 32.3 Å². The van der Waals surface area contributed by atoms with Crippen LogP contribution in [0, 0.1) is 6.92 Å². The van der Waals surface area contributed by atoms with Gasteiger partial charge in [0.15, 0.2) is 0 Å². The van der Waals surface area contributed by atoms with Gasteiger partial charge in [-0.15, -0.1) is 11.8 Å². The predicted molar refractivity (Wildman–Crippen MR) is 114 cm³/mol. The van der Waals surface area contributed by atoms with Crippen LogP contribution in [0.2, 0.25) is 0 Å². The van der Waals surface area contributed by atoms with Crippen molar-refractivity contribution in [1.82, 2.24) is 4.90 Å². The van der Waals surface area contributed by atoms with Gasteiger partial charge in [0.05, 0.1) is 0 Å². The molecule has 0 aliphatic rings. The molecule has 27 heavy (non-hydrogen) atoms. The van der Waals surface area contributed by atoms with E-state index in [1.165, 1.54) is 10.5 Å². The molecule has 0 aliphatic heterocycles. The van der Waals surface area contributed by atoms with Crippen LogP contribution in [0.5, 0.6) is 0 Å². The fourth-order valence-electron chi connectivity index (χ4n) is 2.69. The van der Waals surface area contributed by atoms with Crippen molar-refractivity contribution in [2.45, 2.75) is 18.4 Å². The summed E-state index contributed by atoms with van der Waals surface area (Å²) in [6, 6.07) is 28.1. The monoisotopic (exact) mass is 376 g/mol. The molecule has 0 bridgehead atoms. The van der Waals surface area contributed by atoms with Crippen molar-refractivity contribution < 1.29 is 4.79 Å². The molecule has 138 valence electrons. The number of benzene rings is 3. The summed E-state index contributed by atoms with van der Waals surface area (Å²) in [7, 11) is 0. The number of nitrogens with one attached hydrogen (secondary N) is 1. The van der Waals surface area contributed by atoms with Gasteiger partial charge in [-0.2, -0.15) is 0 Å². The number of rotatable bonds is 7. The predicted octanol–water partition coefficient (Wildman–Crippen LogP) is 5.82. The third-order valence-electron chi connectivity index (χ3n) is 4.18. The van der Waals surface area contributed by atoms with Gasteiger partial charge < -0.3 is 10.2 Å². The Balaban J connectivity index is 1.63. The zero-order valence-corrected chi connectivity index (χ0v) is 16.3. The molecule has 0 fully saturated rings. The largest absolute Gasteiger partial charge is 0.322 e. The van der Waals surface area contributed by atoms with Gasteiger partial charge in [0, 0.05) is 29.4 Å². The summed E-state index contributed by atoms with van der Waals surface area (Å²) < 4.78 is 0. The molecule has 0 aromatic heterocycles. The fourth-order valence-corrected chi connectivity index (χ4v) is 3.56. The van der Waals surface area contributed by atoms with Crippen molar-refractivity contribution in [2.24, 2.45) is 0 Å². The SMILES string of the molecule is Cc1ccc(SCCN(Cc2ccccc2)C(=O)Nc2ccccc2)cc1. The fraction of sp³-hybridized carbons (Fsp3) is 0.174. The smallest absolute Gasteiger partial charge is 0.319 e. The quantitative estimate of drug-likeness (QED) is 0.527. The number of para-hydroxylation sites is 1. The van der Waals surface area contributed by atoms with E-state index in [1.807, 2.05) is 53.4 Å². The average molecular weight is 377 g/mol. The van der Waals surface area contributed by atoms with Crippen LogP contribution in [0.4, 0.5) is 10.5 Å². The second-order valence-electron chi connectivity index (χ2n) is 6.36. The Morgan fingerprint density at radius 2 is 1.52 bits per heavy atom. The summed E-state index contributed by atoms with van der Waals surface area (Å²) in [6.07, 6.45) is 0. The minimum absolute atomic E-state index is 0.0745. The first-order valence-electron chi connectivity index (χ1n) is 9.05. The standard InChI is InChI=1S/C23H24N2OS/c1-19-12-14-22(15-13-19)27-17-16-25(18-20-8-4-2-5-9-20)23(26)24-21-10-6-3-7-11-21/h2-15H,16-18H2,1H3,(H,24,26). The Kier molecular flexibility index (Phi) is 6.94. The van der Waals surface area contributed by atoms with Gasteiger partial charge in [-0.1, -0.05) is 66.2 Å². The summed E-state index contributed by atoms with van der Waals surface area (Å²) in [5.74, 6) is 0.845. The minimum atomic E-state index is -0.0745. The number of anilines is 1. The van der Waals surface area contributed by atoms with Crippen molar-refractivity contribution in [3.63, 3.8) is 0 Å². The molecular formula is C23H24N2OS. The van der Waals surface area contributed by atoms with Gasteiger partial charge in [-0.3, -0.25) is 0 Å². The minimum Gasteiger partial charge on any atom is -0.319 e. The lowest BCUT2D eigenvalue weighted by Crippen LogP contribution is -2.36. The molecule has 1 N–H and O–H groups in total. The molecule has 4 heteroatoms.